The van der Waals surface area contributed by atoms with E-state index in [9.17, 15) is 25.0 Å². The van der Waals surface area contributed by atoms with Crippen LogP contribution in [0.25, 0.3) is 0 Å². The number of nitrogens with zero attached hydrogens (tertiary/aromatic N) is 2. The van der Waals surface area contributed by atoms with E-state index >= 15 is 0 Å². The molecule has 0 aliphatic rings. The van der Waals surface area contributed by atoms with Gasteiger partial charge in [0.15, 0.2) is 0 Å². The van der Waals surface area contributed by atoms with Gasteiger partial charge >= 0.3 is 0 Å². The van der Waals surface area contributed by atoms with Crippen LogP contribution in [0.2, 0.25) is 0 Å². The standard InChI is InChI=1S/C13H16N2O5/c1-9(16)8-12(13(2,3)15(19)20)10-4-6-11(7-5-10)14(17)18/h4-7,12H,8H2,1-3H3. The van der Waals surface area contributed by atoms with Gasteiger partial charge in [-0.25, -0.2) is 0 Å². The number of nitro groups is 2. The summed E-state index contributed by atoms with van der Waals surface area (Å²) in [5.74, 6) is -0.793. The van der Waals surface area contributed by atoms with Crippen molar-refractivity contribution in [2.24, 2.45) is 0 Å². The van der Waals surface area contributed by atoms with E-state index in [1.54, 1.807) is 0 Å². The monoisotopic (exact) mass is 280 g/mol. The van der Waals surface area contributed by atoms with Gasteiger partial charge in [0.25, 0.3) is 5.69 Å². The summed E-state index contributed by atoms with van der Waals surface area (Å²) in [6.45, 7) is 4.26. The Morgan fingerprint density at radius 3 is 2.05 bits per heavy atom. The zero-order chi connectivity index (χ0) is 15.5. The maximum absolute atomic E-state index is 11.3. The number of benzene rings is 1. The lowest BCUT2D eigenvalue weighted by Crippen LogP contribution is -2.39. The van der Waals surface area contributed by atoms with Gasteiger partial charge in [-0.15, -0.1) is 0 Å². The Kier molecular flexibility index (Phi) is 4.54. The average Bonchev–Trinajstić information content (AvgIpc) is 2.35. The predicted molar refractivity (Wildman–Crippen MR) is 72.2 cm³/mol. The second-order valence-electron chi connectivity index (χ2n) is 5.22. The minimum Gasteiger partial charge on any atom is -0.300 e. The van der Waals surface area contributed by atoms with Crippen LogP contribution in [0.15, 0.2) is 24.3 Å². The van der Waals surface area contributed by atoms with Gasteiger partial charge in [-0.3, -0.25) is 20.2 Å². The molecule has 0 aliphatic heterocycles. The largest absolute Gasteiger partial charge is 0.300 e. The van der Waals surface area contributed by atoms with Gasteiger partial charge in [0, 0.05) is 37.3 Å². The molecule has 0 saturated heterocycles. The van der Waals surface area contributed by atoms with Crippen molar-refractivity contribution in [3.63, 3.8) is 0 Å². The molecule has 0 spiro atoms. The molecule has 0 amide bonds. The second kappa shape index (κ2) is 5.77. The topological polar surface area (TPSA) is 103 Å². The summed E-state index contributed by atoms with van der Waals surface area (Å²) in [7, 11) is 0. The van der Waals surface area contributed by atoms with Crippen LogP contribution in [-0.2, 0) is 4.79 Å². The first-order valence-electron chi connectivity index (χ1n) is 6.04. The van der Waals surface area contributed by atoms with Crippen LogP contribution in [0, 0.1) is 20.2 Å². The zero-order valence-electron chi connectivity index (χ0n) is 11.5. The van der Waals surface area contributed by atoms with Crippen LogP contribution in [0.3, 0.4) is 0 Å². The van der Waals surface area contributed by atoms with Gasteiger partial charge in [0.05, 0.1) is 10.8 Å². The van der Waals surface area contributed by atoms with Crippen molar-refractivity contribution in [1.29, 1.82) is 0 Å². The van der Waals surface area contributed by atoms with E-state index in [1.165, 1.54) is 45.0 Å². The number of Topliss-reactive ketones (excluding diaryl/α,β-unsaturated/α-hetero) is 1. The molecule has 1 aromatic rings. The molecule has 0 N–H and O–H groups in total. The molecule has 1 atom stereocenters. The fourth-order valence-electron chi connectivity index (χ4n) is 2.02. The Balaban J connectivity index is 3.20. The van der Waals surface area contributed by atoms with Crippen LogP contribution in [0.4, 0.5) is 5.69 Å². The molecular weight excluding hydrogens is 264 g/mol. The van der Waals surface area contributed by atoms with Crippen molar-refractivity contribution in [3.8, 4) is 0 Å². The normalized spacial score (nSPS) is 12.8. The summed E-state index contributed by atoms with van der Waals surface area (Å²) in [4.78, 5) is 32.2. The van der Waals surface area contributed by atoms with Gasteiger partial charge < -0.3 is 4.79 Å². The maximum Gasteiger partial charge on any atom is 0.269 e. The Hall–Kier alpha value is -2.31. The molecule has 7 nitrogen and oxygen atoms in total. The second-order valence-corrected chi connectivity index (χ2v) is 5.22. The number of carbonyl (C=O) groups is 1. The molecule has 1 rings (SSSR count). The molecule has 20 heavy (non-hydrogen) atoms. The quantitative estimate of drug-likeness (QED) is 0.588. The third kappa shape index (κ3) is 3.37. The smallest absolute Gasteiger partial charge is 0.269 e. The summed E-state index contributed by atoms with van der Waals surface area (Å²) >= 11 is 0. The van der Waals surface area contributed by atoms with Crippen molar-refractivity contribution >= 4 is 11.5 Å². The predicted octanol–water partition coefficient (Wildman–Crippen LogP) is 2.71. The van der Waals surface area contributed by atoms with E-state index < -0.39 is 21.3 Å². The molecular formula is C13H16N2O5. The fraction of sp³-hybridized carbons (Fsp3) is 0.462. The Bertz CT molecular complexity index is 536. The van der Waals surface area contributed by atoms with E-state index in [-0.39, 0.29) is 17.9 Å². The molecule has 0 saturated carbocycles. The SMILES string of the molecule is CC(=O)CC(c1ccc([N+](=O)[O-])cc1)C(C)(C)[N+](=O)[O-]. The first-order valence-corrected chi connectivity index (χ1v) is 6.04. The van der Waals surface area contributed by atoms with Crippen LogP contribution in [0.5, 0.6) is 0 Å². The summed E-state index contributed by atoms with van der Waals surface area (Å²) in [5, 5.41) is 21.8. The van der Waals surface area contributed by atoms with Gasteiger partial charge in [0.2, 0.25) is 5.54 Å². The molecule has 1 aromatic carbocycles. The fourth-order valence-corrected chi connectivity index (χ4v) is 2.02. The van der Waals surface area contributed by atoms with Gasteiger partial charge in [-0.05, 0) is 12.5 Å². The Morgan fingerprint density at radius 1 is 1.20 bits per heavy atom. The first kappa shape index (κ1) is 15.7. The third-order valence-electron chi connectivity index (χ3n) is 3.32. The van der Waals surface area contributed by atoms with Gasteiger partial charge in [0.1, 0.15) is 5.78 Å². The maximum atomic E-state index is 11.3. The molecule has 108 valence electrons. The molecule has 0 bridgehead atoms. The molecule has 0 heterocycles. The minimum absolute atomic E-state index is 0.0196. The minimum atomic E-state index is -1.33. The van der Waals surface area contributed by atoms with Crippen molar-refractivity contribution in [2.45, 2.75) is 38.6 Å². The number of hydrogen-bond acceptors (Lipinski definition) is 5. The van der Waals surface area contributed by atoms with Crippen LogP contribution >= 0.6 is 0 Å². The van der Waals surface area contributed by atoms with Gasteiger partial charge in [-0.1, -0.05) is 12.1 Å². The van der Waals surface area contributed by atoms with Crippen molar-refractivity contribution < 1.29 is 14.6 Å². The van der Waals surface area contributed by atoms with Gasteiger partial charge in [-0.2, -0.15) is 0 Å². The third-order valence-corrected chi connectivity index (χ3v) is 3.32. The summed E-state index contributed by atoms with van der Waals surface area (Å²) in [6, 6.07) is 5.52. The highest BCUT2D eigenvalue weighted by Gasteiger charge is 2.42. The first-order chi connectivity index (χ1) is 9.16. The summed E-state index contributed by atoms with van der Waals surface area (Å²) in [6.07, 6.45) is 0.0196. The molecule has 0 aliphatic carbocycles. The highest BCUT2D eigenvalue weighted by Crippen LogP contribution is 2.34. The molecule has 0 fully saturated rings. The van der Waals surface area contributed by atoms with Crippen LogP contribution in [0.1, 0.15) is 38.7 Å². The number of ketones is 1. The Morgan fingerprint density at radius 2 is 1.70 bits per heavy atom. The summed E-state index contributed by atoms with van der Waals surface area (Å²) in [5.41, 5.74) is -0.872. The lowest BCUT2D eigenvalue weighted by atomic mass is 9.79. The van der Waals surface area contributed by atoms with E-state index in [0.29, 0.717) is 5.56 Å². The van der Waals surface area contributed by atoms with E-state index in [2.05, 4.69) is 0 Å². The van der Waals surface area contributed by atoms with E-state index in [4.69, 9.17) is 0 Å². The van der Waals surface area contributed by atoms with E-state index in [0.717, 1.165) is 0 Å². The number of non-ortho nitro benzene ring substituents is 1. The van der Waals surface area contributed by atoms with Crippen molar-refractivity contribution in [1.82, 2.24) is 0 Å². The molecule has 0 radical (unpaired) electrons. The number of hydrogen-bond donors (Lipinski definition) is 0. The molecule has 1 unspecified atom stereocenters. The van der Waals surface area contributed by atoms with E-state index in [1.807, 2.05) is 0 Å². The van der Waals surface area contributed by atoms with Crippen molar-refractivity contribution in [2.75, 3.05) is 0 Å². The highest BCUT2D eigenvalue weighted by atomic mass is 16.6. The number of nitro benzene ring substituents is 1. The number of rotatable bonds is 6. The lowest BCUT2D eigenvalue weighted by molar-refractivity contribution is -0.565. The Labute approximate surface area is 115 Å². The zero-order valence-corrected chi connectivity index (χ0v) is 11.5. The lowest BCUT2D eigenvalue weighted by Gasteiger charge is -2.26. The van der Waals surface area contributed by atoms with Crippen molar-refractivity contribution in [3.05, 3.63) is 50.1 Å². The van der Waals surface area contributed by atoms with Crippen LogP contribution in [-0.4, -0.2) is 21.2 Å². The summed E-state index contributed by atoms with van der Waals surface area (Å²) < 4.78 is 0. The average molecular weight is 280 g/mol. The highest BCUT2D eigenvalue weighted by molar-refractivity contribution is 5.76. The molecule has 0 aromatic heterocycles. The number of carbonyl (C=O) groups excluding carboxylic acids is 1. The molecule has 7 heteroatoms. The van der Waals surface area contributed by atoms with Crippen LogP contribution < -0.4 is 0 Å².